The molecule has 0 aliphatic carbocycles. The summed E-state index contributed by atoms with van der Waals surface area (Å²) >= 11 is 0. The Morgan fingerprint density at radius 2 is 2.05 bits per heavy atom. The van der Waals surface area contributed by atoms with Crippen LogP contribution in [0.2, 0.25) is 0 Å². The van der Waals surface area contributed by atoms with E-state index in [2.05, 4.69) is 20.0 Å². The van der Waals surface area contributed by atoms with Gasteiger partial charge >= 0.3 is 0 Å². The van der Waals surface area contributed by atoms with Gasteiger partial charge in [-0.2, -0.15) is 0 Å². The average Bonchev–Trinajstić information content (AvgIpc) is 3.00. The van der Waals surface area contributed by atoms with E-state index in [0.717, 1.165) is 5.56 Å². The molecular formula is C16H12FN3O2. The van der Waals surface area contributed by atoms with Crippen molar-refractivity contribution in [2.45, 2.75) is 6.42 Å². The number of nitrogens with one attached hydrogen (secondary N) is 1. The van der Waals surface area contributed by atoms with Crippen molar-refractivity contribution in [1.29, 1.82) is 0 Å². The van der Waals surface area contributed by atoms with Gasteiger partial charge in [0.1, 0.15) is 17.8 Å². The zero-order chi connectivity index (χ0) is 15.4. The molecule has 110 valence electrons. The van der Waals surface area contributed by atoms with E-state index in [0.29, 0.717) is 17.9 Å². The molecule has 0 spiro atoms. The third-order valence-corrected chi connectivity index (χ3v) is 2.99. The maximum Gasteiger partial charge on any atom is 0.275 e. The highest BCUT2D eigenvalue weighted by atomic mass is 19.1. The summed E-state index contributed by atoms with van der Waals surface area (Å²) in [7, 11) is 0. The Labute approximate surface area is 125 Å². The average molecular weight is 297 g/mol. The van der Waals surface area contributed by atoms with Crippen molar-refractivity contribution >= 4 is 11.7 Å². The Morgan fingerprint density at radius 3 is 2.82 bits per heavy atom. The highest BCUT2D eigenvalue weighted by molar-refractivity contribution is 6.02. The summed E-state index contributed by atoms with van der Waals surface area (Å²) in [5, 5.41) is 6.18. The maximum atomic E-state index is 13.2. The van der Waals surface area contributed by atoms with Gasteiger partial charge < -0.3 is 9.84 Å². The first-order valence-corrected chi connectivity index (χ1v) is 6.63. The Bertz CT molecular complexity index is 788. The number of aromatic nitrogens is 2. The first-order valence-electron chi connectivity index (χ1n) is 6.63. The van der Waals surface area contributed by atoms with Crippen LogP contribution in [0.5, 0.6) is 0 Å². The van der Waals surface area contributed by atoms with E-state index >= 15 is 0 Å². The topological polar surface area (TPSA) is 68.0 Å². The molecule has 0 unspecified atom stereocenters. The molecule has 0 aliphatic heterocycles. The van der Waals surface area contributed by atoms with E-state index in [-0.39, 0.29) is 17.4 Å². The van der Waals surface area contributed by atoms with Gasteiger partial charge in [0.25, 0.3) is 5.91 Å². The van der Waals surface area contributed by atoms with Gasteiger partial charge in [0.05, 0.1) is 0 Å². The number of halogens is 1. The van der Waals surface area contributed by atoms with Crippen LogP contribution >= 0.6 is 0 Å². The number of anilines is 1. The smallest absolute Gasteiger partial charge is 0.275 e. The molecule has 1 N–H and O–H groups in total. The predicted molar refractivity (Wildman–Crippen MR) is 77.9 cm³/mol. The predicted octanol–water partition coefficient (Wildman–Crippen LogP) is 3.05. The van der Waals surface area contributed by atoms with Gasteiger partial charge in [-0.25, -0.2) is 9.37 Å². The number of carbonyl (C=O) groups excluding carboxylic acids is 1. The number of benzene rings is 1. The minimum absolute atomic E-state index is 0.261. The number of nitrogens with zero attached hydrogens (tertiary/aromatic N) is 2. The van der Waals surface area contributed by atoms with Crippen LogP contribution in [-0.2, 0) is 6.42 Å². The second kappa shape index (κ2) is 6.17. The number of amides is 1. The van der Waals surface area contributed by atoms with Crippen LogP contribution in [0.25, 0.3) is 0 Å². The van der Waals surface area contributed by atoms with Crippen molar-refractivity contribution in [1.82, 2.24) is 10.1 Å². The van der Waals surface area contributed by atoms with Crippen LogP contribution in [0.3, 0.4) is 0 Å². The number of rotatable bonds is 4. The number of pyridine rings is 1. The van der Waals surface area contributed by atoms with Gasteiger partial charge in [-0.15, -0.1) is 0 Å². The molecule has 3 rings (SSSR count). The quantitative estimate of drug-likeness (QED) is 0.803. The second-order valence-corrected chi connectivity index (χ2v) is 4.66. The number of hydrogen-bond donors (Lipinski definition) is 1. The summed E-state index contributed by atoms with van der Waals surface area (Å²) in [5.41, 5.74) is 1.73. The summed E-state index contributed by atoms with van der Waals surface area (Å²) in [4.78, 5) is 16.3. The molecule has 6 heteroatoms. The molecule has 5 nitrogen and oxygen atoms in total. The minimum atomic E-state index is -0.380. The molecule has 1 amide bonds. The SMILES string of the molecule is O=C(Nc1ccon1)c1cccc(Cc2cccc(F)c2)n1. The van der Waals surface area contributed by atoms with Crippen molar-refractivity contribution in [2.75, 3.05) is 5.32 Å². The van der Waals surface area contributed by atoms with Crippen LogP contribution in [0, 0.1) is 5.82 Å². The highest BCUT2D eigenvalue weighted by Gasteiger charge is 2.10. The zero-order valence-electron chi connectivity index (χ0n) is 11.5. The maximum absolute atomic E-state index is 13.2. The molecule has 22 heavy (non-hydrogen) atoms. The molecule has 0 radical (unpaired) electrons. The minimum Gasteiger partial charge on any atom is -0.363 e. The second-order valence-electron chi connectivity index (χ2n) is 4.66. The lowest BCUT2D eigenvalue weighted by atomic mass is 10.1. The van der Waals surface area contributed by atoms with Gasteiger partial charge in [0, 0.05) is 18.2 Å². The van der Waals surface area contributed by atoms with Gasteiger partial charge in [-0.05, 0) is 29.8 Å². The van der Waals surface area contributed by atoms with E-state index in [9.17, 15) is 9.18 Å². The van der Waals surface area contributed by atoms with Crippen LogP contribution in [0.15, 0.2) is 59.3 Å². The molecule has 2 aromatic heterocycles. The normalized spacial score (nSPS) is 10.4. The fraction of sp³-hybridized carbons (Fsp3) is 0.0625. The molecule has 0 bridgehead atoms. The van der Waals surface area contributed by atoms with Crippen LogP contribution in [-0.4, -0.2) is 16.0 Å². The Kier molecular flexibility index (Phi) is 3.91. The van der Waals surface area contributed by atoms with Crippen molar-refractivity contribution in [3.05, 3.63) is 77.6 Å². The van der Waals surface area contributed by atoms with Gasteiger partial charge in [0.15, 0.2) is 5.82 Å². The van der Waals surface area contributed by atoms with E-state index < -0.39 is 0 Å². The van der Waals surface area contributed by atoms with Crippen molar-refractivity contribution in [3.63, 3.8) is 0 Å². The van der Waals surface area contributed by atoms with Crippen LogP contribution in [0.4, 0.5) is 10.2 Å². The monoisotopic (exact) mass is 297 g/mol. The van der Waals surface area contributed by atoms with Gasteiger partial charge in [0.2, 0.25) is 0 Å². The third-order valence-electron chi connectivity index (χ3n) is 2.99. The first-order chi connectivity index (χ1) is 10.7. The lowest BCUT2D eigenvalue weighted by Gasteiger charge is -2.05. The largest absolute Gasteiger partial charge is 0.363 e. The van der Waals surface area contributed by atoms with Crippen LogP contribution < -0.4 is 5.32 Å². The zero-order valence-corrected chi connectivity index (χ0v) is 11.5. The van der Waals surface area contributed by atoms with Crippen LogP contribution in [0.1, 0.15) is 21.7 Å². The first kappa shape index (κ1) is 13.9. The molecule has 2 heterocycles. The summed E-state index contributed by atoms with van der Waals surface area (Å²) in [5.74, 6) is -0.352. The van der Waals surface area contributed by atoms with Gasteiger partial charge in [-0.1, -0.05) is 23.4 Å². The Hall–Kier alpha value is -3.02. The summed E-state index contributed by atoms with van der Waals surface area (Å²) < 4.78 is 17.8. The van der Waals surface area contributed by atoms with Crippen molar-refractivity contribution < 1.29 is 13.7 Å². The van der Waals surface area contributed by atoms with E-state index in [1.54, 1.807) is 24.3 Å². The molecule has 0 saturated carbocycles. The molecule has 3 aromatic rings. The molecule has 0 fully saturated rings. The van der Waals surface area contributed by atoms with E-state index in [1.165, 1.54) is 24.5 Å². The van der Waals surface area contributed by atoms with Crippen molar-refractivity contribution in [2.24, 2.45) is 0 Å². The molecule has 0 saturated heterocycles. The molecular weight excluding hydrogens is 285 g/mol. The van der Waals surface area contributed by atoms with Gasteiger partial charge in [-0.3, -0.25) is 4.79 Å². The molecule has 1 aromatic carbocycles. The molecule has 0 atom stereocenters. The molecule has 0 aliphatic rings. The lowest BCUT2D eigenvalue weighted by Crippen LogP contribution is -2.14. The fourth-order valence-corrected chi connectivity index (χ4v) is 2.02. The summed E-state index contributed by atoms with van der Waals surface area (Å²) in [6.07, 6.45) is 1.81. The third kappa shape index (κ3) is 3.35. The Morgan fingerprint density at radius 1 is 1.18 bits per heavy atom. The number of carbonyl (C=O) groups is 1. The summed E-state index contributed by atoms with van der Waals surface area (Å²) in [6.45, 7) is 0. The fourth-order valence-electron chi connectivity index (χ4n) is 2.02. The Balaban J connectivity index is 1.76. The lowest BCUT2D eigenvalue weighted by molar-refractivity contribution is 0.102. The summed E-state index contributed by atoms with van der Waals surface area (Å²) in [6, 6.07) is 13.0. The standard InChI is InChI=1S/C16H12FN3O2/c17-12-4-1-3-11(9-12)10-13-5-2-6-14(18-13)16(21)19-15-7-8-22-20-15/h1-9H,10H2,(H,19,20,21). The van der Waals surface area contributed by atoms with E-state index in [4.69, 9.17) is 0 Å². The van der Waals surface area contributed by atoms with Crippen molar-refractivity contribution in [3.8, 4) is 0 Å². The highest BCUT2D eigenvalue weighted by Crippen LogP contribution is 2.11. The number of hydrogen-bond acceptors (Lipinski definition) is 4. The van der Waals surface area contributed by atoms with E-state index in [1.807, 2.05) is 6.07 Å².